The fourth-order valence-corrected chi connectivity index (χ4v) is 3.44. The van der Waals surface area contributed by atoms with E-state index in [-0.39, 0.29) is 24.8 Å². The molecule has 27 heavy (non-hydrogen) atoms. The summed E-state index contributed by atoms with van der Waals surface area (Å²) in [4.78, 5) is 29.6. The van der Waals surface area contributed by atoms with Crippen LogP contribution in [-0.4, -0.2) is 35.3 Å². The number of H-pyrrole nitrogens is 1. The van der Waals surface area contributed by atoms with Crippen molar-refractivity contribution in [2.24, 2.45) is 0 Å². The van der Waals surface area contributed by atoms with Crippen LogP contribution in [-0.2, 0) is 16.0 Å². The maximum absolute atomic E-state index is 12.6. The standard InChI is InChI=1S/C22H25N3O2/c1-14-9-15(2)22(16(3)10-14)24-20(26)13-25(4)21(27)11-17-12-23-19-8-6-5-7-18(17)19/h5-10,12,23H,11,13H2,1-4H3,(H,24,26). The van der Waals surface area contributed by atoms with Gasteiger partial charge in [0, 0.05) is 29.8 Å². The molecule has 2 N–H and O–H groups in total. The number of nitrogens with one attached hydrogen (secondary N) is 2. The van der Waals surface area contributed by atoms with Crippen molar-refractivity contribution < 1.29 is 9.59 Å². The maximum atomic E-state index is 12.6. The largest absolute Gasteiger partial charge is 0.361 e. The van der Waals surface area contributed by atoms with Crippen LogP contribution in [0.2, 0.25) is 0 Å². The van der Waals surface area contributed by atoms with Crippen LogP contribution >= 0.6 is 0 Å². The Kier molecular flexibility index (Phi) is 5.31. The summed E-state index contributed by atoms with van der Waals surface area (Å²) in [6, 6.07) is 11.9. The summed E-state index contributed by atoms with van der Waals surface area (Å²) in [5, 5.41) is 3.98. The minimum atomic E-state index is -0.195. The lowest BCUT2D eigenvalue weighted by Gasteiger charge is -2.18. The van der Waals surface area contributed by atoms with Crippen LogP contribution in [0, 0.1) is 20.8 Å². The summed E-state index contributed by atoms with van der Waals surface area (Å²) in [5.41, 5.74) is 5.97. The SMILES string of the molecule is Cc1cc(C)c(NC(=O)CN(C)C(=O)Cc2c[nH]c3ccccc23)c(C)c1. The molecule has 0 spiro atoms. The number of carbonyl (C=O) groups is 2. The zero-order chi connectivity index (χ0) is 19.6. The van der Waals surface area contributed by atoms with E-state index in [0.29, 0.717) is 0 Å². The number of hydrogen-bond donors (Lipinski definition) is 2. The second-order valence-electron chi connectivity index (χ2n) is 7.11. The van der Waals surface area contributed by atoms with Gasteiger partial charge in [-0.3, -0.25) is 9.59 Å². The highest BCUT2D eigenvalue weighted by Crippen LogP contribution is 2.22. The minimum Gasteiger partial charge on any atom is -0.361 e. The van der Waals surface area contributed by atoms with Crippen molar-refractivity contribution >= 4 is 28.4 Å². The van der Waals surface area contributed by atoms with Crippen molar-refractivity contribution in [1.82, 2.24) is 9.88 Å². The van der Waals surface area contributed by atoms with E-state index < -0.39 is 0 Å². The topological polar surface area (TPSA) is 65.2 Å². The number of aryl methyl sites for hydroxylation is 3. The third-order valence-corrected chi connectivity index (χ3v) is 4.76. The van der Waals surface area contributed by atoms with Crippen LogP contribution in [0.3, 0.4) is 0 Å². The number of amides is 2. The molecular weight excluding hydrogens is 338 g/mol. The molecule has 0 bridgehead atoms. The Hall–Kier alpha value is -3.08. The highest BCUT2D eigenvalue weighted by Gasteiger charge is 2.16. The van der Waals surface area contributed by atoms with Gasteiger partial charge in [0.15, 0.2) is 0 Å². The van der Waals surface area contributed by atoms with Crippen LogP contribution in [0.15, 0.2) is 42.6 Å². The summed E-state index contributed by atoms with van der Waals surface area (Å²) in [6.07, 6.45) is 2.12. The Labute approximate surface area is 159 Å². The van der Waals surface area contributed by atoms with Crippen molar-refractivity contribution in [3.05, 3.63) is 64.8 Å². The number of carbonyl (C=O) groups excluding carboxylic acids is 2. The van der Waals surface area contributed by atoms with Gasteiger partial charge in [-0.05, 0) is 43.5 Å². The van der Waals surface area contributed by atoms with Gasteiger partial charge in [-0.25, -0.2) is 0 Å². The van der Waals surface area contributed by atoms with Gasteiger partial charge in [0.2, 0.25) is 11.8 Å². The number of benzene rings is 2. The lowest BCUT2D eigenvalue weighted by atomic mass is 10.1. The molecule has 2 aromatic carbocycles. The fourth-order valence-electron chi connectivity index (χ4n) is 3.44. The van der Waals surface area contributed by atoms with Crippen LogP contribution in [0.4, 0.5) is 5.69 Å². The summed E-state index contributed by atoms with van der Waals surface area (Å²) in [6.45, 7) is 6.00. The Balaban J connectivity index is 1.63. The molecular formula is C22H25N3O2. The number of fused-ring (bicyclic) bond motifs is 1. The fraction of sp³-hybridized carbons (Fsp3) is 0.273. The third-order valence-electron chi connectivity index (χ3n) is 4.76. The number of para-hydroxylation sites is 1. The molecule has 0 aliphatic rings. The number of aromatic amines is 1. The van der Waals surface area contributed by atoms with E-state index in [4.69, 9.17) is 0 Å². The van der Waals surface area contributed by atoms with Crippen molar-refractivity contribution in [3.8, 4) is 0 Å². The molecule has 0 atom stereocenters. The normalized spacial score (nSPS) is 10.8. The van der Waals surface area contributed by atoms with Crippen LogP contribution in [0.25, 0.3) is 10.9 Å². The first kappa shape index (κ1) is 18.7. The molecule has 0 fully saturated rings. The Morgan fingerprint density at radius 1 is 1.07 bits per heavy atom. The molecule has 1 aromatic heterocycles. The molecule has 5 heteroatoms. The van der Waals surface area contributed by atoms with Crippen LogP contribution in [0.5, 0.6) is 0 Å². The zero-order valence-electron chi connectivity index (χ0n) is 16.2. The second kappa shape index (κ2) is 7.66. The molecule has 0 saturated carbocycles. The van der Waals surface area contributed by atoms with Crippen molar-refractivity contribution in [2.75, 3.05) is 18.9 Å². The van der Waals surface area contributed by atoms with Crippen molar-refractivity contribution in [3.63, 3.8) is 0 Å². The third kappa shape index (κ3) is 4.19. The van der Waals surface area contributed by atoms with Gasteiger partial charge in [-0.1, -0.05) is 35.9 Å². The number of anilines is 1. The lowest BCUT2D eigenvalue weighted by Crippen LogP contribution is -2.36. The minimum absolute atomic E-state index is 0.0218. The first-order valence-electron chi connectivity index (χ1n) is 9.02. The maximum Gasteiger partial charge on any atom is 0.243 e. The molecule has 0 aliphatic heterocycles. The number of hydrogen-bond acceptors (Lipinski definition) is 2. The van der Waals surface area contributed by atoms with Gasteiger partial charge < -0.3 is 15.2 Å². The molecule has 2 amide bonds. The number of likely N-dealkylation sites (N-methyl/N-ethyl adjacent to an activating group) is 1. The Morgan fingerprint density at radius 2 is 1.74 bits per heavy atom. The highest BCUT2D eigenvalue weighted by atomic mass is 16.2. The lowest BCUT2D eigenvalue weighted by molar-refractivity contribution is -0.132. The van der Waals surface area contributed by atoms with E-state index in [9.17, 15) is 9.59 Å². The molecule has 140 valence electrons. The van der Waals surface area contributed by atoms with Gasteiger partial charge >= 0.3 is 0 Å². The van der Waals surface area contributed by atoms with Crippen LogP contribution in [0.1, 0.15) is 22.3 Å². The van der Waals surface area contributed by atoms with Crippen molar-refractivity contribution in [2.45, 2.75) is 27.2 Å². The quantitative estimate of drug-likeness (QED) is 0.725. The predicted octanol–water partition coefficient (Wildman–Crippen LogP) is 3.73. The monoisotopic (exact) mass is 363 g/mol. The first-order chi connectivity index (χ1) is 12.8. The van der Waals surface area contributed by atoms with Crippen molar-refractivity contribution in [1.29, 1.82) is 0 Å². The van der Waals surface area contributed by atoms with E-state index in [0.717, 1.165) is 38.8 Å². The molecule has 3 aromatic rings. The van der Waals surface area contributed by atoms with E-state index in [1.54, 1.807) is 7.05 Å². The molecule has 5 nitrogen and oxygen atoms in total. The Morgan fingerprint density at radius 3 is 2.44 bits per heavy atom. The van der Waals surface area contributed by atoms with Gasteiger partial charge in [0.25, 0.3) is 0 Å². The summed E-state index contributed by atoms with van der Waals surface area (Å²) >= 11 is 0. The van der Waals surface area contributed by atoms with E-state index in [1.165, 1.54) is 4.90 Å². The van der Waals surface area contributed by atoms with E-state index in [1.807, 2.05) is 63.4 Å². The zero-order valence-corrected chi connectivity index (χ0v) is 16.2. The molecule has 1 heterocycles. The molecule has 0 radical (unpaired) electrons. The predicted molar refractivity (Wildman–Crippen MR) is 109 cm³/mol. The molecule has 0 saturated heterocycles. The molecule has 0 aliphatic carbocycles. The number of nitrogens with zero attached hydrogens (tertiary/aromatic N) is 1. The number of rotatable bonds is 5. The molecule has 0 unspecified atom stereocenters. The van der Waals surface area contributed by atoms with Gasteiger partial charge in [0.1, 0.15) is 0 Å². The van der Waals surface area contributed by atoms with Gasteiger partial charge in [0.05, 0.1) is 13.0 Å². The van der Waals surface area contributed by atoms with E-state index >= 15 is 0 Å². The van der Waals surface area contributed by atoms with Crippen LogP contribution < -0.4 is 5.32 Å². The smallest absolute Gasteiger partial charge is 0.243 e. The van der Waals surface area contributed by atoms with Gasteiger partial charge in [-0.15, -0.1) is 0 Å². The highest BCUT2D eigenvalue weighted by molar-refractivity contribution is 5.96. The Bertz CT molecular complexity index is 981. The molecule has 3 rings (SSSR count). The number of aromatic nitrogens is 1. The first-order valence-corrected chi connectivity index (χ1v) is 9.02. The average molecular weight is 363 g/mol. The second-order valence-corrected chi connectivity index (χ2v) is 7.11. The summed E-state index contributed by atoms with van der Waals surface area (Å²) < 4.78 is 0. The van der Waals surface area contributed by atoms with E-state index in [2.05, 4.69) is 10.3 Å². The summed E-state index contributed by atoms with van der Waals surface area (Å²) in [7, 11) is 1.66. The summed E-state index contributed by atoms with van der Waals surface area (Å²) in [5.74, 6) is -0.285. The average Bonchev–Trinajstić information content (AvgIpc) is 3.01. The van der Waals surface area contributed by atoms with Gasteiger partial charge in [-0.2, -0.15) is 0 Å².